The summed E-state index contributed by atoms with van der Waals surface area (Å²) in [6.45, 7) is 9.83. The molecule has 7 heteroatoms. The lowest BCUT2D eigenvalue weighted by molar-refractivity contribution is -0.244. The molecule has 142 valence electrons. The number of hydrogen-bond acceptors (Lipinski definition) is 6. The van der Waals surface area contributed by atoms with Crippen LogP contribution in [-0.2, 0) is 9.57 Å². The van der Waals surface area contributed by atoms with Gasteiger partial charge in [0.05, 0.1) is 11.6 Å². The average molecular weight is 361 g/mol. The highest BCUT2D eigenvalue weighted by molar-refractivity contribution is 5.89. The zero-order valence-electron chi connectivity index (χ0n) is 15.8. The molecule has 0 unspecified atom stereocenters. The number of ether oxygens (including phenoxy) is 1. The molecule has 2 heterocycles. The third-order valence-electron chi connectivity index (χ3n) is 4.57. The van der Waals surface area contributed by atoms with Crippen LogP contribution in [-0.4, -0.2) is 65.4 Å². The van der Waals surface area contributed by atoms with Crippen molar-refractivity contribution in [1.82, 2.24) is 15.3 Å². The van der Waals surface area contributed by atoms with E-state index < -0.39 is 11.1 Å². The van der Waals surface area contributed by atoms with Gasteiger partial charge < -0.3 is 19.8 Å². The van der Waals surface area contributed by atoms with E-state index in [1.165, 1.54) is 0 Å². The summed E-state index contributed by atoms with van der Waals surface area (Å²) in [4.78, 5) is 32.2. The number of benzene rings is 1. The number of hydrogen-bond donors (Lipinski definition) is 1. The van der Waals surface area contributed by atoms with Crippen LogP contribution in [0.2, 0.25) is 0 Å². The zero-order valence-corrected chi connectivity index (χ0v) is 15.8. The Kier molecular flexibility index (Phi) is 4.94. The summed E-state index contributed by atoms with van der Waals surface area (Å²) in [7, 11) is 0. The van der Waals surface area contributed by atoms with Gasteiger partial charge in [-0.3, -0.25) is 0 Å². The van der Waals surface area contributed by atoms with Crippen molar-refractivity contribution in [3.63, 3.8) is 0 Å². The van der Waals surface area contributed by atoms with Gasteiger partial charge in [-0.1, -0.05) is 18.2 Å². The predicted molar refractivity (Wildman–Crippen MR) is 96.6 cm³/mol. The topological polar surface area (TPSA) is 71.1 Å². The minimum Gasteiger partial charge on any atom is -0.444 e. The Bertz CT molecular complexity index is 665. The van der Waals surface area contributed by atoms with Crippen LogP contribution in [0.3, 0.4) is 0 Å². The standard InChI is InChI=1S/C19H27N3O4/c1-14-10-20-11-19(12-21(13-19)17(24)25-18(2,3)4)22(14)26-16(23)15-8-6-5-7-9-15/h5-9,14,20H,10-13H2,1-4H3/t14-/m1/s1. The van der Waals surface area contributed by atoms with Gasteiger partial charge >= 0.3 is 12.1 Å². The fourth-order valence-corrected chi connectivity index (χ4v) is 3.42. The molecule has 2 aliphatic rings. The third kappa shape index (κ3) is 3.83. The fourth-order valence-electron chi connectivity index (χ4n) is 3.42. The van der Waals surface area contributed by atoms with Crippen molar-refractivity contribution in [2.75, 3.05) is 26.2 Å². The van der Waals surface area contributed by atoms with Crippen molar-refractivity contribution in [2.45, 2.75) is 44.9 Å². The van der Waals surface area contributed by atoms with Crippen molar-refractivity contribution in [2.24, 2.45) is 0 Å². The maximum absolute atomic E-state index is 12.5. The normalized spacial score (nSPS) is 22.6. The summed E-state index contributed by atoms with van der Waals surface area (Å²) in [6.07, 6.45) is -0.337. The fraction of sp³-hybridized carbons (Fsp3) is 0.579. The Morgan fingerprint density at radius 1 is 1.19 bits per heavy atom. The van der Waals surface area contributed by atoms with Crippen LogP contribution in [0.4, 0.5) is 4.79 Å². The molecule has 0 aliphatic carbocycles. The van der Waals surface area contributed by atoms with Crippen LogP contribution in [0, 0.1) is 0 Å². The van der Waals surface area contributed by atoms with E-state index in [4.69, 9.17) is 9.57 Å². The Morgan fingerprint density at radius 3 is 2.46 bits per heavy atom. The van der Waals surface area contributed by atoms with Gasteiger partial charge in [0.25, 0.3) is 0 Å². The highest BCUT2D eigenvalue weighted by Crippen LogP contribution is 2.33. The van der Waals surface area contributed by atoms with E-state index in [1.54, 1.807) is 34.2 Å². The van der Waals surface area contributed by atoms with Crippen LogP contribution in [0.5, 0.6) is 0 Å². The molecule has 2 saturated heterocycles. The highest BCUT2D eigenvalue weighted by Gasteiger charge is 2.55. The molecule has 0 bridgehead atoms. The summed E-state index contributed by atoms with van der Waals surface area (Å²) in [5.74, 6) is -0.380. The van der Waals surface area contributed by atoms with Crippen LogP contribution in [0.25, 0.3) is 0 Å². The molecule has 0 radical (unpaired) electrons. The van der Waals surface area contributed by atoms with Gasteiger partial charge in [-0.2, -0.15) is 0 Å². The maximum Gasteiger partial charge on any atom is 0.410 e. The van der Waals surface area contributed by atoms with E-state index in [1.807, 2.05) is 33.8 Å². The van der Waals surface area contributed by atoms with E-state index in [9.17, 15) is 9.59 Å². The van der Waals surface area contributed by atoms with E-state index in [0.717, 1.165) is 6.54 Å². The molecule has 0 saturated carbocycles. The lowest BCUT2D eigenvalue weighted by atomic mass is 9.86. The number of amides is 1. The lowest BCUT2D eigenvalue weighted by Crippen LogP contribution is -2.79. The number of nitrogens with zero attached hydrogens (tertiary/aromatic N) is 2. The lowest BCUT2D eigenvalue weighted by Gasteiger charge is -2.57. The summed E-state index contributed by atoms with van der Waals surface area (Å²) in [5, 5.41) is 5.13. The van der Waals surface area contributed by atoms with Crippen molar-refractivity contribution in [1.29, 1.82) is 0 Å². The molecule has 7 nitrogen and oxygen atoms in total. The summed E-state index contributed by atoms with van der Waals surface area (Å²) < 4.78 is 5.43. The third-order valence-corrected chi connectivity index (χ3v) is 4.57. The summed E-state index contributed by atoms with van der Waals surface area (Å²) in [5.41, 5.74) is -0.437. The maximum atomic E-state index is 12.5. The number of piperazine rings is 1. The van der Waals surface area contributed by atoms with Crippen molar-refractivity contribution < 1.29 is 19.2 Å². The van der Waals surface area contributed by atoms with Crippen LogP contribution in [0.1, 0.15) is 38.1 Å². The van der Waals surface area contributed by atoms with Gasteiger partial charge in [0.15, 0.2) is 0 Å². The summed E-state index contributed by atoms with van der Waals surface area (Å²) >= 11 is 0. The number of nitrogens with one attached hydrogen (secondary N) is 1. The molecule has 1 spiro atoms. The molecule has 26 heavy (non-hydrogen) atoms. The average Bonchev–Trinajstić information content (AvgIpc) is 2.53. The highest BCUT2D eigenvalue weighted by atomic mass is 16.7. The first-order valence-corrected chi connectivity index (χ1v) is 8.96. The van der Waals surface area contributed by atoms with Gasteiger partial charge in [-0.25, -0.2) is 9.59 Å². The van der Waals surface area contributed by atoms with Gasteiger partial charge in [0, 0.05) is 26.2 Å². The zero-order chi connectivity index (χ0) is 18.9. The molecule has 2 fully saturated rings. The van der Waals surface area contributed by atoms with Crippen molar-refractivity contribution in [3.8, 4) is 0 Å². The van der Waals surface area contributed by atoms with Gasteiger partial charge in [0.2, 0.25) is 0 Å². The van der Waals surface area contributed by atoms with Gasteiger partial charge in [-0.15, -0.1) is 5.06 Å². The smallest absolute Gasteiger partial charge is 0.410 e. The Balaban J connectivity index is 1.68. The molecule has 1 amide bonds. The molecular weight excluding hydrogens is 334 g/mol. The van der Waals surface area contributed by atoms with E-state index in [0.29, 0.717) is 25.2 Å². The Morgan fingerprint density at radius 2 is 1.85 bits per heavy atom. The molecule has 2 aliphatic heterocycles. The quantitative estimate of drug-likeness (QED) is 0.869. The first kappa shape index (κ1) is 18.7. The van der Waals surface area contributed by atoms with E-state index in [-0.39, 0.29) is 18.1 Å². The van der Waals surface area contributed by atoms with Crippen molar-refractivity contribution >= 4 is 12.1 Å². The second-order valence-corrected chi connectivity index (χ2v) is 8.11. The largest absolute Gasteiger partial charge is 0.444 e. The Labute approximate surface area is 154 Å². The molecule has 1 aromatic rings. The van der Waals surface area contributed by atoms with Gasteiger partial charge in [-0.05, 0) is 39.8 Å². The number of rotatable bonds is 2. The monoisotopic (exact) mass is 361 g/mol. The van der Waals surface area contributed by atoms with E-state index in [2.05, 4.69) is 5.32 Å². The van der Waals surface area contributed by atoms with Crippen molar-refractivity contribution in [3.05, 3.63) is 35.9 Å². The first-order chi connectivity index (χ1) is 12.2. The molecule has 1 atom stereocenters. The number of carbonyl (C=O) groups is 2. The van der Waals surface area contributed by atoms with Crippen LogP contribution >= 0.6 is 0 Å². The molecular formula is C19H27N3O4. The Hall–Kier alpha value is -2.12. The first-order valence-electron chi connectivity index (χ1n) is 8.96. The predicted octanol–water partition coefficient (Wildman–Crippen LogP) is 2.04. The minimum absolute atomic E-state index is 0.0113. The number of likely N-dealkylation sites (tertiary alicyclic amines) is 1. The van der Waals surface area contributed by atoms with Crippen LogP contribution in [0.15, 0.2) is 30.3 Å². The molecule has 1 aromatic carbocycles. The minimum atomic E-state index is -0.530. The van der Waals surface area contributed by atoms with E-state index >= 15 is 0 Å². The molecule has 0 aromatic heterocycles. The molecule has 3 rings (SSSR count). The molecule has 1 N–H and O–H groups in total. The van der Waals surface area contributed by atoms with Gasteiger partial charge in [0.1, 0.15) is 11.1 Å². The number of carbonyl (C=O) groups excluding carboxylic acids is 2. The second-order valence-electron chi connectivity index (χ2n) is 8.11. The SMILES string of the molecule is C[C@@H]1CNCC2(CN(C(=O)OC(C)(C)C)C2)N1OC(=O)c1ccccc1. The number of hydroxylamine groups is 2. The van der Waals surface area contributed by atoms with Crippen LogP contribution < -0.4 is 5.32 Å². The second kappa shape index (κ2) is 6.89. The summed E-state index contributed by atoms with van der Waals surface area (Å²) in [6, 6.07) is 8.95.